The van der Waals surface area contributed by atoms with E-state index in [4.69, 9.17) is 0 Å². The van der Waals surface area contributed by atoms with E-state index in [0.29, 0.717) is 0 Å². The fraction of sp³-hybridized carbons (Fsp3) is 0.263. The van der Waals surface area contributed by atoms with Crippen LogP contribution in [0.1, 0.15) is 43.0 Å². The highest BCUT2D eigenvalue weighted by atomic mass is 79.9. The molecule has 0 aliphatic carbocycles. The van der Waals surface area contributed by atoms with E-state index in [-0.39, 0.29) is 11.9 Å². The number of rotatable bonds is 3. The van der Waals surface area contributed by atoms with Crippen LogP contribution in [0.15, 0.2) is 58.1 Å². The number of hydrogen-bond donors (Lipinski definition) is 0. The van der Waals surface area contributed by atoms with Crippen LogP contribution < -0.4 is 0 Å². The zero-order valence-electron chi connectivity index (χ0n) is 13.3. The number of carbonyl (C=O) groups excluding carboxylic acids is 1. The van der Waals surface area contributed by atoms with Crippen LogP contribution in [0.5, 0.6) is 0 Å². The van der Waals surface area contributed by atoms with Gasteiger partial charge in [0, 0.05) is 17.8 Å². The summed E-state index contributed by atoms with van der Waals surface area (Å²) in [6, 6.07) is 16.5. The van der Waals surface area contributed by atoms with Crippen molar-refractivity contribution in [2.75, 3.05) is 0 Å². The van der Waals surface area contributed by atoms with Crippen LogP contribution in [0.4, 0.5) is 0 Å². The molecule has 3 nitrogen and oxygen atoms in total. The fourth-order valence-corrected chi connectivity index (χ4v) is 3.30. The molecule has 1 aliphatic heterocycles. The number of aryl methyl sites for hydroxylation is 1. The number of benzene rings is 2. The molecular formula is C19H19BrN2O. The van der Waals surface area contributed by atoms with Gasteiger partial charge in [0.05, 0.1) is 11.8 Å². The highest BCUT2D eigenvalue weighted by Gasteiger charge is 2.31. The number of carbonyl (C=O) groups is 1. The van der Waals surface area contributed by atoms with Gasteiger partial charge in [0.25, 0.3) is 0 Å². The van der Waals surface area contributed by atoms with Crippen molar-refractivity contribution in [1.29, 1.82) is 0 Å². The number of hydrogen-bond acceptors (Lipinski definition) is 2. The highest BCUT2D eigenvalue weighted by molar-refractivity contribution is 9.10. The van der Waals surface area contributed by atoms with E-state index in [1.807, 2.05) is 18.2 Å². The van der Waals surface area contributed by atoms with Gasteiger partial charge in [-0.25, -0.2) is 5.01 Å². The molecule has 118 valence electrons. The molecule has 1 amide bonds. The second-order valence-corrected chi connectivity index (χ2v) is 6.65. The van der Waals surface area contributed by atoms with Crippen molar-refractivity contribution in [3.63, 3.8) is 0 Å². The first-order chi connectivity index (χ1) is 11.1. The Morgan fingerprint density at radius 3 is 2.61 bits per heavy atom. The molecule has 0 radical (unpaired) electrons. The molecule has 1 heterocycles. The van der Waals surface area contributed by atoms with Crippen LogP contribution in [0.25, 0.3) is 0 Å². The monoisotopic (exact) mass is 370 g/mol. The molecule has 4 heteroatoms. The normalized spacial score (nSPS) is 17.3. The van der Waals surface area contributed by atoms with Gasteiger partial charge in [-0.15, -0.1) is 0 Å². The Morgan fingerprint density at radius 1 is 1.26 bits per heavy atom. The lowest BCUT2D eigenvalue weighted by Crippen LogP contribution is -2.24. The van der Waals surface area contributed by atoms with Crippen molar-refractivity contribution in [1.82, 2.24) is 5.01 Å². The first-order valence-corrected chi connectivity index (χ1v) is 8.60. The summed E-state index contributed by atoms with van der Waals surface area (Å²) in [7, 11) is 0. The van der Waals surface area contributed by atoms with Crippen LogP contribution in [0.3, 0.4) is 0 Å². The van der Waals surface area contributed by atoms with Crippen molar-refractivity contribution < 1.29 is 4.79 Å². The third kappa shape index (κ3) is 3.37. The van der Waals surface area contributed by atoms with Crippen molar-refractivity contribution >= 4 is 27.5 Å². The van der Waals surface area contributed by atoms with Crippen LogP contribution in [-0.2, 0) is 11.2 Å². The first-order valence-electron chi connectivity index (χ1n) is 7.80. The van der Waals surface area contributed by atoms with Gasteiger partial charge in [0.2, 0.25) is 5.91 Å². The molecular weight excluding hydrogens is 352 g/mol. The Bertz CT molecular complexity index is 752. The Hall–Kier alpha value is -1.94. The minimum absolute atomic E-state index is 0.0323. The maximum atomic E-state index is 12.0. The summed E-state index contributed by atoms with van der Waals surface area (Å²) in [6.07, 6.45) is 1.76. The zero-order valence-corrected chi connectivity index (χ0v) is 14.9. The van der Waals surface area contributed by atoms with Crippen molar-refractivity contribution in [3.8, 4) is 0 Å². The maximum Gasteiger partial charge on any atom is 0.240 e. The quantitative estimate of drug-likeness (QED) is 0.769. The summed E-state index contributed by atoms with van der Waals surface area (Å²) in [5, 5.41) is 6.19. The Labute approximate surface area is 145 Å². The van der Waals surface area contributed by atoms with E-state index in [0.717, 1.165) is 34.2 Å². The minimum Gasteiger partial charge on any atom is -0.273 e. The summed E-state index contributed by atoms with van der Waals surface area (Å²) >= 11 is 3.50. The Morgan fingerprint density at radius 2 is 2.00 bits per heavy atom. The summed E-state index contributed by atoms with van der Waals surface area (Å²) in [6.45, 7) is 3.71. The molecule has 0 bridgehead atoms. The maximum absolute atomic E-state index is 12.0. The molecule has 0 saturated heterocycles. The lowest BCUT2D eigenvalue weighted by atomic mass is 9.97. The second-order valence-electron chi connectivity index (χ2n) is 5.74. The fourth-order valence-electron chi connectivity index (χ4n) is 2.88. The standard InChI is InChI=1S/C19H19BrN2O/c1-3-14-7-9-15(10-8-14)18-12-19(22(21-18)13(2)23)16-5-4-6-17(20)11-16/h4-11,19H,3,12H2,1-2H3/t19-/m1/s1. The molecule has 1 aliphatic rings. The first kappa shape index (κ1) is 15.9. The topological polar surface area (TPSA) is 32.7 Å². The summed E-state index contributed by atoms with van der Waals surface area (Å²) in [5.41, 5.74) is 4.46. The average molecular weight is 371 g/mol. The van der Waals surface area contributed by atoms with Crippen LogP contribution in [0, 0.1) is 0 Å². The Kier molecular flexibility index (Phi) is 4.62. The lowest BCUT2D eigenvalue weighted by molar-refractivity contribution is -0.130. The van der Waals surface area contributed by atoms with Crippen LogP contribution in [0.2, 0.25) is 0 Å². The van der Waals surface area contributed by atoms with E-state index in [9.17, 15) is 4.79 Å². The Balaban J connectivity index is 1.91. The molecule has 0 saturated carbocycles. The van der Waals surface area contributed by atoms with Crippen LogP contribution in [-0.4, -0.2) is 16.6 Å². The van der Waals surface area contributed by atoms with Gasteiger partial charge in [-0.3, -0.25) is 4.79 Å². The molecule has 3 rings (SSSR count). The molecule has 1 atom stereocenters. The van der Waals surface area contributed by atoms with E-state index in [1.54, 1.807) is 11.9 Å². The van der Waals surface area contributed by atoms with E-state index in [2.05, 4.69) is 58.3 Å². The number of halogens is 1. The molecule has 0 fully saturated rings. The van der Waals surface area contributed by atoms with Crippen molar-refractivity contribution in [2.24, 2.45) is 5.10 Å². The number of amides is 1. The highest BCUT2D eigenvalue weighted by Crippen LogP contribution is 2.33. The predicted molar refractivity (Wildman–Crippen MR) is 96.4 cm³/mol. The van der Waals surface area contributed by atoms with Gasteiger partial charge in [0.15, 0.2) is 0 Å². The van der Waals surface area contributed by atoms with E-state index in [1.165, 1.54) is 5.56 Å². The van der Waals surface area contributed by atoms with Crippen molar-refractivity contribution in [2.45, 2.75) is 32.7 Å². The number of nitrogens with zero attached hydrogens (tertiary/aromatic N) is 2. The molecule has 0 spiro atoms. The summed E-state index contributed by atoms with van der Waals surface area (Å²) in [5.74, 6) is -0.0323. The van der Waals surface area contributed by atoms with E-state index < -0.39 is 0 Å². The molecule has 2 aromatic rings. The zero-order chi connectivity index (χ0) is 16.4. The minimum atomic E-state index is -0.0362. The van der Waals surface area contributed by atoms with Gasteiger partial charge >= 0.3 is 0 Å². The molecule has 0 aromatic heterocycles. The third-order valence-corrected chi connectivity index (χ3v) is 4.66. The lowest BCUT2D eigenvalue weighted by Gasteiger charge is -2.20. The molecule has 0 N–H and O–H groups in total. The van der Waals surface area contributed by atoms with Gasteiger partial charge in [-0.1, -0.05) is 59.3 Å². The molecule has 23 heavy (non-hydrogen) atoms. The smallest absolute Gasteiger partial charge is 0.240 e. The molecule has 0 unspecified atom stereocenters. The van der Waals surface area contributed by atoms with E-state index >= 15 is 0 Å². The van der Waals surface area contributed by atoms with Crippen molar-refractivity contribution in [3.05, 3.63) is 69.7 Å². The average Bonchev–Trinajstić information content (AvgIpc) is 3.00. The third-order valence-electron chi connectivity index (χ3n) is 4.16. The summed E-state index contributed by atoms with van der Waals surface area (Å²) < 4.78 is 1.01. The SMILES string of the molecule is CCc1ccc(C2=NN(C(C)=O)[C@@H](c3cccc(Br)c3)C2)cc1. The summed E-state index contributed by atoms with van der Waals surface area (Å²) in [4.78, 5) is 12.0. The van der Waals surface area contributed by atoms with Gasteiger partial charge in [-0.2, -0.15) is 5.10 Å². The molecule has 2 aromatic carbocycles. The largest absolute Gasteiger partial charge is 0.273 e. The van der Waals surface area contributed by atoms with Gasteiger partial charge < -0.3 is 0 Å². The van der Waals surface area contributed by atoms with Gasteiger partial charge in [0.1, 0.15) is 0 Å². The second kappa shape index (κ2) is 6.67. The van der Waals surface area contributed by atoms with Gasteiger partial charge in [-0.05, 0) is 35.2 Å². The predicted octanol–water partition coefficient (Wildman–Crippen LogP) is 4.71. The number of hydrazone groups is 1. The van der Waals surface area contributed by atoms with Crippen LogP contribution >= 0.6 is 15.9 Å².